The van der Waals surface area contributed by atoms with Crippen LogP contribution < -0.4 is 10.6 Å². The molecule has 0 saturated carbocycles. The molecule has 0 aliphatic rings. The van der Waals surface area contributed by atoms with Crippen molar-refractivity contribution >= 4 is 52.5 Å². The van der Waals surface area contributed by atoms with E-state index in [0.717, 1.165) is 3.57 Å². The van der Waals surface area contributed by atoms with Gasteiger partial charge in [-0.05, 0) is 66.1 Å². The SMILES string of the molecule is O=C(O)C[C@H](NC(=O)O[C@@H](CCCCNC(=O)c1ccc(I)cc1)C(=O)O)C(=O)O. The topological polar surface area (TPSA) is 179 Å². The van der Waals surface area contributed by atoms with Gasteiger partial charge < -0.3 is 30.7 Å². The molecule has 0 bridgehead atoms. The summed E-state index contributed by atoms with van der Waals surface area (Å²) in [7, 11) is 0. The lowest BCUT2D eigenvalue weighted by molar-refractivity contribution is -0.148. The van der Waals surface area contributed by atoms with Gasteiger partial charge in [-0.1, -0.05) is 0 Å². The molecule has 11 nitrogen and oxygen atoms in total. The van der Waals surface area contributed by atoms with Crippen LogP contribution in [0.1, 0.15) is 36.0 Å². The number of halogens is 1. The van der Waals surface area contributed by atoms with Crippen LogP contribution in [-0.2, 0) is 19.1 Å². The smallest absolute Gasteiger partial charge is 0.408 e. The van der Waals surface area contributed by atoms with Gasteiger partial charge in [-0.25, -0.2) is 14.4 Å². The van der Waals surface area contributed by atoms with Crippen molar-refractivity contribution < 1.29 is 44.0 Å². The average Bonchev–Trinajstić information content (AvgIpc) is 2.66. The number of carbonyl (C=O) groups excluding carboxylic acids is 2. The standard InChI is InChI=1S/C18H21IN2O9/c19-11-6-4-10(5-7-11)15(24)20-8-2-1-3-13(17(27)28)30-18(29)21-12(16(25)26)9-14(22)23/h4-7,12-13H,1-3,8-9H2,(H,20,24)(H,21,29)(H,22,23)(H,25,26)(H,27,28)/t12-,13-/m0/s1. The quantitative estimate of drug-likeness (QED) is 0.194. The Balaban J connectivity index is 2.41. The van der Waals surface area contributed by atoms with E-state index in [-0.39, 0.29) is 18.9 Å². The zero-order chi connectivity index (χ0) is 22.7. The number of rotatable bonds is 12. The zero-order valence-corrected chi connectivity index (χ0v) is 17.8. The average molecular weight is 536 g/mol. The van der Waals surface area contributed by atoms with Gasteiger partial charge in [-0.3, -0.25) is 9.59 Å². The molecule has 30 heavy (non-hydrogen) atoms. The van der Waals surface area contributed by atoms with Crippen LogP contribution in [-0.4, -0.2) is 63.9 Å². The van der Waals surface area contributed by atoms with Crippen LogP contribution in [0, 0.1) is 3.57 Å². The number of aliphatic carboxylic acids is 3. The van der Waals surface area contributed by atoms with E-state index in [1.54, 1.807) is 24.3 Å². The number of hydrogen-bond donors (Lipinski definition) is 5. The number of benzene rings is 1. The highest BCUT2D eigenvalue weighted by molar-refractivity contribution is 14.1. The maximum absolute atomic E-state index is 12.0. The second-order valence-electron chi connectivity index (χ2n) is 6.12. The molecule has 0 aliphatic heterocycles. The number of carboxylic acids is 3. The fraction of sp³-hybridized carbons (Fsp3) is 0.389. The van der Waals surface area contributed by atoms with Crippen LogP contribution >= 0.6 is 22.6 Å². The Labute approximate surface area is 184 Å². The third-order valence-corrected chi connectivity index (χ3v) is 4.50. The fourth-order valence-electron chi connectivity index (χ4n) is 2.27. The molecule has 5 N–H and O–H groups in total. The molecule has 0 radical (unpaired) electrons. The minimum absolute atomic E-state index is 0.0706. The van der Waals surface area contributed by atoms with Gasteiger partial charge in [0.15, 0.2) is 0 Å². The highest BCUT2D eigenvalue weighted by Gasteiger charge is 2.27. The van der Waals surface area contributed by atoms with Crippen molar-refractivity contribution in [2.24, 2.45) is 0 Å². The molecule has 0 unspecified atom stereocenters. The lowest BCUT2D eigenvalue weighted by Crippen LogP contribution is -2.44. The monoisotopic (exact) mass is 536 g/mol. The highest BCUT2D eigenvalue weighted by atomic mass is 127. The van der Waals surface area contributed by atoms with E-state index in [9.17, 15) is 24.0 Å². The van der Waals surface area contributed by atoms with E-state index >= 15 is 0 Å². The second-order valence-corrected chi connectivity index (χ2v) is 7.37. The first kappa shape index (κ1) is 25.1. The predicted molar refractivity (Wildman–Crippen MR) is 110 cm³/mol. The Morgan fingerprint density at radius 1 is 0.967 bits per heavy atom. The lowest BCUT2D eigenvalue weighted by Gasteiger charge is -2.17. The van der Waals surface area contributed by atoms with Crippen LogP contribution in [0.5, 0.6) is 0 Å². The molecule has 0 fully saturated rings. The first-order chi connectivity index (χ1) is 14.1. The van der Waals surface area contributed by atoms with Gasteiger partial charge >= 0.3 is 24.0 Å². The fourth-order valence-corrected chi connectivity index (χ4v) is 2.63. The number of carboxylic acid groups (broad SMARTS) is 3. The predicted octanol–water partition coefficient (Wildman–Crippen LogP) is 1.30. The van der Waals surface area contributed by atoms with E-state index in [4.69, 9.17) is 15.3 Å². The highest BCUT2D eigenvalue weighted by Crippen LogP contribution is 2.08. The molecular weight excluding hydrogens is 515 g/mol. The summed E-state index contributed by atoms with van der Waals surface area (Å²) in [5.41, 5.74) is 0.494. The van der Waals surface area contributed by atoms with Crippen molar-refractivity contribution in [2.75, 3.05) is 6.54 Å². The summed E-state index contributed by atoms with van der Waals surface area (Å²) < 4.78 is 5.68. The number of amides is 2. The number of alkyl carbamates (subject to hydrolysis) is 1. The molecule has 0 saturated heterocycles. The van der Waals surface area contributed by atoms with Gasteiger partial charge in [-0.2, -0.15) is 0 Å². The Kier molecular flexibility index (Phi) is 10.6. The Bertz CT molecular complexity index is 782. The summed E-state index contributed by atoms with van der Waals surface area (Å²) in [4.78, 5) is 56.4. The van der Waals surface area contributed by atoms with Gasteiger partial charge in [0.25, 0.3) is 5.91 Å². The second kappa shape index (κ2) is 12.6. The number of hydrogen-bond acceptors (Lipinski definition) is 6. The summed E-state index contributed by atoms with van der Waals surface area (Å²) in [5.74, 6) is -4.75. The van der Waals surface area contributed by atoms with Gasteiger partial charge in [0.2, 0.25) is 6.10 Å². The van der Waals surface area contributed by atoms with Crippen LogP contribution in [0.4, 0.5) is 4.79 Å². The van der Waals surface area contributed by atoms with Crippen molar-refractivity contribution in [3.63, 3.8) is 0 Å². The maximum Gasteiger partial charge on any atom is 0.408 e. The molecule has 1 aromatic rings. The molecule has 0 aliphatic carbocycles. The maximum atomic E-state index is 12.0. The molecule has 2 atom stereocenters. The minimum Gasteiger partial charge on any atom is -0.481 e. The summed E-state index contributed by atoms with van der Waals surface area (Å²) in [5, 5.41) is 31.1. The van der Waals surface area contributed by atoms with E-state index in [1.165, 1.54) is 0 Å². The third-order valence-electron chi connectivity index (χ3n) is 3.78. The molecule has 164 valence electrons. The summed E-state index contributed by atoms with van der Waals surface area (Å²) in [6.07, 6.45) is -3.13. The van der Waals surface area contributed by atoms with Crippen molar-refractivity contribution in [1.82, 2.24) is 10.6 Å². The van der Waals surface area contributed by atoms with Crippen molar-refractivity contribution in [2.45, 2.75) is 37.8 Å². The van der Waals surface area contributed by atoms with Gasteiger partial charge in [0.05, 0.1) is 6.42 Å². The van der Waals surface area contributed by atoms with E-state index in [2.05, 4.69) is 32.6 Å². The summed E-state index contributed by atoms with van der Waals surface area (Å²) in [6.45, 7) is 0.281. The first-order valence-electron chi connectivity index (χ1n) is 8.78. The normalized spacial score (nSPS) is 12.3. The van der Waals surface area contributed by atoms with E-state index in [0.29, 0.717) is 18.4 Å². The van der Waals surface area contributed by atoms with Crippen molar-refractivity contribution in [3.05, 3.63) is 33.4 Å². The lowest BCUT2D eigenvalue weighted by atomic mass is 10.1. The Morgan fingerprint density at radius 2 is 1.60 bits per heavy atom. The number of unbranched alkanes of at least 4 members (excludes halogenated alkanes) is 1. The van der Waals surface area contributed by atoms with Gasteiger partial charge in [-0.15, -0.1) is 0 Å². The van der Waals surface area contributed by atoms with Crippen molar-refractivity contribution in [3.8, 4) is 0 Å². The molecule has 12 heteroatoms. The number of nitrogens with one attached hydrogen (secondary N) is 2. The zero-order valence-electron chi connectivity index (χ0n) is 15.7. The number of ether oxygens (including phenoxy) is 1. The first-order valence-corrected chi connectivity index (χ1v) is 9.86. The van der Waals surface area contributed by atoms with Crippen LogP contribution in [0.2, 0.25) is 0 Å². The Hall–Kier alpha value is -2.90. The Morgan fingerprint density at radius 3 is 2.13 bits per heavy atom. The van der Waals surface area contributed by atoms with Crippen molar-refractivity contribution in [1.29, 1.82) is 0 Å². The molecule has 0 spiro atoms. The van der Waals surface area contributed by atoms with Gasteiger partial charge in [0, 0.05) is 15.7 Å². The third kappa shape index (κ3) is 9.54. The molecule has 1 rings (SSSR count). The summed E-state index contributed by atoms with van der Waals surface area (Å²) in [6, 6.07) is 5.19. The summed E-state index contributed by atoms with van der Waals surface area (Å²) >= 11 is 2.12. The molecule has 0 aromatic heterocycles. The molecular formula is C18H21IN2O9. The molecule has 2 amide bonds. The van der Waals surface area contributed by atoms with Crippen LogP contribution in [0.15, 0.2) is 24.3 Å². The van der Waals surface area contributed by atoms with E-state index in [1.807, 2.05) is 5.32 Å². The van der Waals surface area contributed by atoms with Gasteiger partial charge in [0.1, 0.15) is 6.04 Å². The number of carbonyl (C=O) groups is 5. The minimum atomic E-state index is -1.75. The van der Waals surface area contributed by atoms with Crippen LogP contribution in [0.25, 0.3) is 0 Å². The van der Waals surface area contributed by atoms with Crippen LogP contribution in [0.3, 0.4) is 0 Å². The largest absolute Gasteiger partial charge is 0.481 e. The molecule has 0 heterocycles. The molecule has 1 aromatic carbocycles. The van der Waals surface area contributed by atoms with E-state index < -0.39 is 42.6 Å².